The van der Waals surface area contributed by atoms with Crippen LogP contribution in [0.4, 0.5) is 16.2 Å². The second-order valence-corrected chi connectivity index (χ2v) is 8.62. The number of rotatable bonds is 2. The van der Waals surface area contributed by atoms with Crippen LogP contribution in [0.5, 0.6) is 0 Å². The lowest BCUT2D eigenvalue weighted by Gasteiger charge is -2.47. The van der Waals surface area contributed by atoms with Crippen LogP contribution in [0.25, 0.3) is 0 Å². The molecule has 152 valence electrons. The number of urea groups is 1. The molecule has 1 N–H and O–H groups in total. The Morgan fingerprint density at radius 3 is 2.59 bits per heavy atom. The number of carbonyl (C=O) groups is 3. The molecule has 0 saturated carbocycles. The molecule has 0 unspecified atom stereocenters. The van der Waals surface area contributed by atoms with Crippen molar-refractivity contribution in [3.63, 3.8) is 0 Å². The lowest BCUT2D eigenvalue weighted by Crippen LogP contribution is -2.67. The zero-order valence-electron chi connectivity index (χ0n) is 15.9. The highest BCUT2D eigenvalue weighted by Crippen LogP contribution is 2.35. The van der Waals surface area contributed by atoms with Gasteiger partial charge in [-0.05, 0) is 42.1 Å². The van der Waals surface area contributed by atoms with Gasteiger partial charge in [0.2, 0.25) is 11.8 Å². The number of carbonyl (C=O) groups excluding carboxylic acids is 3. The van der Waals surface area contributed by atoms with E-state index in [-0.39, 0.29) is 24.4 Å². The van der Waals surface area contributed by atoms with E-state index >= 15 is 0 Å². The van der Waals surface area contributed by atoms with Gasteiger partial charge >= 0.3 is 6.03 Å². The summed E-state index contributed by atoms with van der Waals surface area (Å²) in [6.07, 6.45) is 0.620. The number of nitrogens with one attached hydrogen (secondary N) is 1. The average molecular weight is 433 g/mol. The van der Waals surface area contributed by atoms with Crippen LogP contribution in [0.1, 0.15) is 13.3 Å². The van der Waals surface area contributed by atoms with Gasteiger partial charge in [0.25, 0.3) is 0 Å². The van der Waals surface area contributed by atoms with Gasteiger partial charge < -0.3 is 20.0 Å². The molecule has 4 rings (SSSR count). The van der Waals surface area contributed by atoms with E-state index < -0.39 is 5.54 Å². The van der Waals surface area contributed by atoms with Crippen molar-refractivity contribution in [3.8, 4) is 0 Å². The van der Waals surface area contributed by atoms with Crippen LogP contribution >= 0.6 is 22.9 Å². The van der Waals surface area contributed by atoms with Crippen LogP contribution in [-0.2, 0) is 9.59 Å². The monoisotopic (exact) mass is 432 g/mol. The predicted octanol–water partition coefficient (Wildman–Crippen LogP) is 3.27. The number of hydrogen-bond donors (Lipinski definition) is 1. The zero-order valence-corrected chi connectivity index (χ0v) is 17.5. The molecule has 2 aliphatic rings. The summed E-state index contributed by atoms with van der Waals surface area (Å²) >= 11 is 7.42. The molecule has 3 heterocycles. The highest BCUT2D eigenvalue weighted by atomic mass is 35.5. The summed E-state index contributed by atoms with van der Waals surface area (Å²) in [4.78, 5) is 42.8. The normalized spacial score (nSPS) is 21.7. The zero-order chi connectivity index (χ0) is 20.6. The third-order valence-corrected chi connectivity index (χ3v) is 6.46. The van der Waals surface area contributed by atoms with Gasteiger partial charge in [-0.3, -0.25) is 9.59 Å². The topological polar surface area (TPSA) is 73.0 Å². The van der Waals surface area contributed by atoms with Crippen molar-refractivity contribution >= 4 is 52.2 Å². The summed E-state index contributed by atoms with van der Waals surface area (Å²) in [5, 5.41) is 7.32. The Balaban J connectivity index is 1.53. The van der Waals surface area contributed by atoms with Gasteiger partial charge in [-0.2, -0.15) is 11.3 Å². The minimum absolute atomic E-state index is 0.0256. The smallest absolute Gasteiger partial charge is 0.321 e. The highest BCUT2D eigenvalue weighted by molar-refractivity contribution is 7.08. The molecule has 1 aromatic carbocycles. The number of likely N-dealkylation sites (tertiary alicyclic amines) is 1. The predicted molar refractivity (Wildman–Crippen MR) is 113 cm³/mol. The van der Waals surface area contributed by atoms with Gasteiger partial charge in [0.15, 0.2) is 0 Å². The maximum absolute atomic E-state index is 12.8. The Hall–Kier alpha value is -2.58. The fourth-order valence-corrected chi connectivity index (χ4v) is 4.83. The van der Waals surface area contributed by atoms with E-state index in [0.717, 1.165) is 5.69 Å². The molecule has 0 bridgehead atoms. The van der Waals surface area contributed by atoms with Crippen molar-refractivity contribution in [1.82, 2.24) is 9.80 Å². The van der Waals surface area contributed by atoms with Crippen LogP contribution in [0.2, 0.25) is 5.02 Å². The molecule has 1 spiro atoms. The Labute approximate surface area is 177 Å². The molecular weight excluding hydrogens is 412 g/mol. The van der Waals surface area contributed by atoms with E-state index in [0.29, 0.717) is 36.8 Å². The van der Waals surface area contributed by atoms with E-state index in [9.17, 15) is 14.4 Å². The molecule has 1 aromatic heterocycles. The first-order valence-electron chi connectivity index (χ1n) is 9.30. The number of piperazine rings is 1. The summed E-state index contributed by atoms with van der Waals surface area (Å²) in [5.74, 6) is -0.253. The Kier molecular flexibility index (Phi) is 5.23. The van der Waals surface area contributed by atoms with Gasteiger partial charge in [0, 0.05) is 36.1 Å². The van der Waals surface area contributed by atoms with Crippen molar-refractivity contribution in [1.29, 1.82) is 0 Å². The SMILES string of the molecule is CC(=O)N1CC(=O)N(c2ccsc2)C[C@@]12CCN(C(=O)Nc1ccc(Cl)cc1)C2. The van der Waals surface area contributed by atoms with Gasteiger partial charge in [0.05, 0.1) is 17.8 Å². The lowest BCUT2D eigenvalue weighted by atomic mass is 9.92. The van der Waals surface area contributed by atoms with Crippen LogP contribution < -0.4 is 10.2 Å². The molecule has 1 atom stereocenters. The van der Waals surface area contributed by atoms with Crippen LogP contribution in [0.3, 0.4) is 0 Å². The molecule has 0 radical (unpaired) electrons. The van der Waals surface area contributed by atoms with Crippen molar-refractivity contribution < 1.29 is 14.4 Å². The first-order valence-corrected chi connectivity index (χ1v) is 10.6. The second-order valence-electron chi connectivity index (χ2n) is 7.40. The maximum Gasteiger partial charge on any atom is 0.321 e. The summed E-state index contributed by atoms with van der Waals surface area (Å²) < 4.78 is 0. The number of halogens is 1. The van der Waals surface area contributed by atoms with Gasteiger partial charge in [-0.25, -0.2) is 4.79 Å². The van der Waals surface area contributed by atoms with Crippen LogP contribution in [-0.4, -0.2) is 59.4 Å². The van der Waals surface area contributed by atoms with Gasteiger partial charge in [0.1, 0.15) is 6.54 Å². The second kappa shape index (κ2) is 7.68. The summed E-state index contributed by atoms with van der Waals surface area (Å²) in [5.41, 5.74) is 0.910. The number of thiophene rings is 1. The van der Waals surface area contributed by atoms with E-state index in [1.54, 1.807) is 39.0 Å². The molecule has 29 heavy (non-hydrogen) atoms. The average Bonchev–Trinajstić information content (AvgIpc) is 3.36. The summed E-state index contributed by atoms with van der Waals surface area (Å²) in [7, 11) is 0. The minimum atomic E-state index is -0.584. The molecule has 9 heteroatoms. The number of anilines is 2. The summed E-state index contributed by atoms with van der Waals surface area (Å²) in [6, 6.07) is 8.58. The molecule has 2 saturated heterocycles. The Bertz CT molecular complexity index is 934. The minimum Gasteiger partial charge on any atom is -0.324 e. The first kappa shape index (κ1) is 19.7. The van der Waals surface area contributed by atoms with Gasteiger partial charge in [-0.15, -0.1) is 0 Å². The van der Waals surface area contributed by atoms with Crippen LogP contribution in [0.15, 0.2) is 41.1 Å². The number of amides is 4. The molecule has 2 aromatic rings. The molecule has 2 aliphatic heterocycles. The van der Waals surface area contributed by atoms with E-state index in [1.807, 2.05) is 16.8 Å². The Morgan fingerprint density at radius 2 is 1.93 bits per heavy atom. The van der Waals surface area contributed by atoms with Gasteiger partial charge in [-0.1, -0.05) is 11.6 Å². The van der Waals surface area contributed by atoms with E-state index in [1.165, 1.54) is 18.3 Å². The quantitative estimate of drug-likeness (QED) is 0.791. The fourth-order valence-electron chi connectivity index (χ4n) is 4.06. The fraction of sp³-hybridized carbons (Fsp3) is 0.350. The van der Waals surface area contributed by atoms with Crippen molar-refractivity contribution in [2.24, 2.45) is 0 Å². The van der Waals surface area contributed by atoms with E-state index in [2.05, 4.69) is 5.32 Å². The number of hydrogen-bond acceptors (Lipinski definition) is 4. The number of benzene rings is 1. The summed E-state index contributed by atoms with van der Waals surface area (Å²) in [6.45, 7) is 2.77. The molecule has 0 aliphatic carbocycles. The van der Waals surface area contributed by atoms with Crippen molar-refractivity contribution in [3.05, 3.63) is 46.1 Å². The molecule has 7 nitrogen and oxygen atoms in total. The number of nitrogens with zero attached hydrogens (tertiary/aromatic N) is 3. The molecule has 2 fully saturated rings. The lowest BCUT2D eigenvalue weighted by molar-refractivity contribution is -0.142. The maximum atomic E-state index is 12.8. The standard InChI is InChI=1S/C20H21ClN4O3S/c1-14(26)25-10-18(27)24(17-6-9-29-11-17)13-20(25)7-8-23(12-20)19(28)22-16-4-2-15(21)3-5-16/h2-6,9,11H,7-8,10,12-13H2,1H3,(H,22,28)/t20-/m0/s1. The molecule has 4 amide bonds. The first-order chi connectivity index (χ1) is 13.9. The van der Waals surface area contributed by atoms with Crippen LogP contribution in [0, 0.1) is 0 Å². The third-order valence-electron chi connectivity index (χ3n) is 5.53. The van der Waals surface area contributed by atoms with E-state index in [4.69, 9.17) is 11.6 Å². The highest BCUT2D eigenvalue weighted by Gasteiger charge is 2.51. The third kappa shape index (κ3) is 3.82. The Morgan fingerprint density at radius 1 is 1.17 bits per heavy atom. The largest absolute Gasteiger partial charge is 0.324 e. The molecular formula is C20H21ClN4O3S. The van der Waals surface area contributed by atoms with Crippen molar-refractivity contribution in [2.75, 3.05) is 36.4 Å². The van der Waals surface area contributed by atoms with Crippen molar-refractivity contribution in [2.45, 2.75) is 18.9 Å².